The van der Waals surface area contributed by atoms with E-state index in [9.17, 15) is 4.79 Å². The zero-order chi connectivity index (χ0) is 14.4. The zero-order valence-electron chi connectivity index (χ0n) is 12.4. The molecule has 0 aromatic heterocycles. The second-order valence-electron chi connectivity index (χ2n) is 6.59. The van der Waals surface area contributed by atoms with Gasteiger partial charge in [-0.1, -0.05) is 30.3 Å². The number of carbonyl (C=O) groups is 1. The summed E-state index contributed by atoms with van der Waals surface area (Å²) in [6.07, 6.45) is 3.53. The molecule has 0 radical (unpaired) electrons. The minimum Gasteiger partial charge on any atom is -0.342 e. The molecule has 3 aliphatic rings. The fraction of sp³-hybridized carbons (Fsp3) is 0.588. The van der Waals surface area contributed by atoms with Gasteiger partial charge < -0.3 is 15.0 Å². The number of benzene rings is 1. The maximum absolute atomic E-state index is 13.1. The molecule has 3 saturated heterocycles. The van der Waals surface area contributed by atoms with Crippen molar-refractivity contribution < 1.29 is 9.53 Å². The number of ether oxygens (including phenoxy) is 1. The Labute approximate surface area is 125 Å². The molecule has 4 atom stereocenters. The fourth-order valence-electron chi connectivity index (χ4n) is 4.21. The lowest BCUT2D eigenvalue weighted by molar-refractivity contribution is -0.142. The normalized spacial score (nSPS) is 39.0. The topological polar surface area (TPSA) is 41.6 Å². The number of hydrogen-bond donors (Lipinski definition) is 1. The van der Waals surface area contributed by atoms with Gasteiger partial charge in [0.05, 0.1) is 6.04 Å². The van der Waals surface area contributed by atoms with Crippen molar-refractivity contribution >= 4 is 5.91 Å². The van der Waals surface area contributed by atoms with E-state index < -0.39 is 5.60 Å². The molecule has 21 heavy (non-hydrogen) atoms. The number of nitrogens with one attached hydrogen (secondary N) is 1. The van der Waals surface area contributed by atoms with Crippen molar-refractivity contribution in [1.29, 1.82) is 0 Å². The van der Waals surface area contributed by atoms with Crippen LogP contribution in [0.3, 0.4) is 0 Å². The first-order chi connectivity index (χ1) is 10.2. The van der Waals surface area contributed by atoms with Crippen molar-refractivity contribution in [1.82, 2.24) is 10.2 Å². The van der Waals surface area contributed by atoms with Crippen LogP contribution in [0.25, 0.3) is 0 Å². The third kappa shape index (κ3) is 2.00. The van der Waals surface area contributed by atoms with Crippen LogP contribution < -0.4 is 5.32 Å². The molecule has 1 N–H and O–H groups in total. The van der Waals surface area contributed by atoms with Gasteiger partial charge in [-0.3, -0.25) is 4.79 Å². The van der Waals surface area contributed by atoms with Crippen molar-refractivity contribution in [2.24, 2.45) is 0 Å². The van der Waals surface area contributed by atoms with Crippen molar-refractivity contribution in [3.05, 3.63) is 35.9 Å². The number of nitrogens with zero attached hydrogens (tertiary/aromatic N) is 1. The largest absolute Gasteiger partial charge is 0.342 e. The van der Waals surface area contributed by atoms with Crippen LogP contribution in [0.5, 0.6) is 0 Å². The van der Waals surface area contributed by atoms with Gasteiger partial charge in [0.2, 0.25) is 0 Å². The average molecular weight is 286 g/mol. The van der Waals surface area contributed by atoms with Crippen LogP contribution in [0.2, 0.25) is 0 Å². The van der Waals surface area contributed by atoms with Gasteiger partial charge in [0.1, 0.15) is 6.23 Å². The zero-order valence-corrected chi connectivity index (χ0v) is 12.4. The minimum absolute atomic E-state index is 0.0204. The number of amides is 1. The molecule has 0 bridgehead atoms. The maximum atomic E-state index is 13.1. The summed E-state index contributed by atoms with van der Waals surface area (Å²) < 4.78 is 6.28. The Balaban J connectivity index is 1.63. The van der Waals surface area contributed by atoms with Gasteiger partial charge in [-0.15, -0.1) is 0 Å². The summed E-state index contributed by atoms with van der Waals surface area (Å²) in [6.45, 7) is 3.00. The van der Waals surface area contributed by atoms with Gasteiger partial charge >= 0.3 is 0 Å². The molecular formula is C17H22N2O2. The summed E-state index contributed by atoms with van der Waals surface area (Å²) in [6, 6.07) is 10.9. The Kier molecular flexibility index (Phi) is 3.05. The number of carbonyl (C=O) groups excluding carboxylic acids is 1. The van der Waals surface area contributed by atoms with Crippen LogP contribution in [0.15, 0.2) is 30.3 Å². The van der Waals surface area contributed by atoms with E-state index in [0.29, 0.717) is 6.04 Å². The van der Waals surface area contributed by atoms with Crippen molar-refractivity contribution in [3.63, 3.8) is 0 Å². The average Bonchev–Trinajstić information content (AvgIpc) is 3.00. The highest BCUT2D eigenvalue weighted by Crippen LogP contribution is 2.47. The lowest BCUT2D eigenvalue weighted by Crippen LogP contribution is -2.52. The van der Waals surface area contributed by atoms with E-state index in [1.54, 1.807) is 0 Å². The SMILES string of the molecule is CC1CC2(CCN1)OC1CC[C@@H](c3ccccc3)N1C2=O. The van der Waals surface area contributed by atoms with E-state index in [0.717, 1.165) is 32.2 Å². The van der Waals surface area contributed by atoms with Crippen molar-refractivity contribution in [2.45, 2.75) is 56.5 Å². The van der Waals surface area contributed by atoms with Gasteiger partial charge in [0.15, 0.2) is 5.60 Å². The van der Waals surface area contributed by atoms with Gasteiger partial charge in [0.25, 0.3) is 5.91 Å². The van der Waals surface area contributed by atoms with Gasteiger partial charge in [-0.05, 0) is 38.3 Å². The van der Waals surface area contributed by atoms with Crippen LogP contribution in [-0.4, -0.2) is 35.2 Å². The summed E-state index contributed by atoms with van der Waals surface area (Å²) in [5.41, 5.74) is 0.666. The molecule has 1 amide bonds. The summed E-state index contributed by atoms with van der Waals surface area (Å²) >= 11 is 0. The van der Waals surface area contributed by atoms with Crippen LogP contribution in [0.4, 0.5) is 0 Å². The van der Waals surface area contributed by atoms with Crippen LogP contribution in [-0.2, 0) is 9.53 Å². The van der Waals surface area contributed by atoms with E-state index in [4.69, 9.17) is 4.74 Å². The summed E-state index contributed by atoms with van der Waals surface area (Å²) in [5.74, 6) is 0.215. The molecule has 4 nitrogen and oxygen atoms in total. The lowest BCUT2D eigenvalue weighted by atomic mass is 9.87. The number of rotatable bonds is 1. The van der Waals surface area contributed by atoms with Crippen LogP contribution in [0.1, 0.15) is 44.2 Å². The van der Waals surface area contributed by atoms with Crippen LogP contribution >= 0.6 is 0 Å². The highest BCUT2D eigenvalue weighted by molar-refractivity contribution is 5.88. The Hall–Kier alpha value is -1.39. The second kappa shape index (κ2) is 4.82. The quantitative estimate of drug-likeness (QED) is 0.860. The van der Waals surface area contributed by atoms with E-state index >= 15 is 0 Å². The first kappa shape index (κ1) is 13.3. The highest BCUT2D eigenvalue weighted by Gasteiger charge is 2.58. The van der Waals surface area contributed by atoms with Gasteiger partial charge in [-0.25, -0.2) is 0 Å². The van der Waals surface area contributed by atoms with E-state index in [1.165, 1.54) is 5.56 Å². The van der Waals surface area contributed by atoms with E-state index in [-0.39, 0.29) is 18.2 Å². The molecule has 1 aromatic carbocycles. The Morgan fingerprint density at radius 1 is 1.29 bits per heavy atom. The predicted molar refractivity (Wildman–Crippen MR) is 79.6 cm³/mol. The Morgan fingerprint density at radius 2 is 2.10 bits per heavy atom. The van der Waals surface area contributed by atoms with Gasteiger partial charge in [0, 0.05) is 12.5 Å². The van der Waals surface area contributed by atoms with Crippen LogP contribution in [0, 0.1) is 0 Å². The molecule has 112 valence electrons. The minimum atomic E-state index is -0.567. The molecule has 3 unspecified atom stereocenters. The molecular weight excluding hydrogens is 264 g/mol. The Bertz CT molecular complexity index is 547. The highest BCUT2D eigenvalue weighted by atomic mass is 16.6. The molecule has 0 aliphatic carbocycles. The molecule has 3 fully saturated rings. The first-order valence-electron chi connectivity index (χ1n) is 7.98. The molecule has 1 spiro atoms. The third-order valence-electron chi connectivity index (χ3n) is 5.16. The maximum Gasteiger partial charge on any atom is 0.257 e. The first-order valence-corrected chi connectivity index (χ1v) is 7.98. The molecule has 0 saturated carbocycles. The van der Waals surface area contributed by atoms with Gasteiger partial charge in [-0.2, -0.15) is 0 Å². The van der Waals surface area contributed by atoms with E-state index in [2.05, 4.69) is 24.4 Å². The molecule has 3 aliphatic heterocycles. The summed E-state index contributed by atoms with van der Waals surface area (Å²) in [5, 5.41) is 3.41. The van der Waals surface area contributed by atoms with E-state index in [1.807, 2.05) is 23.1 Å². The van der Waals surface area contributed by atoms with Crippen molar-refractivity contribution in [2.75, 3.05) is 6.54 Å². The Morgan fingerprint density at radius 3 is 2.86 bits per heavy atom. The number of hydrogen-bond acceptors (Lipinski definition) is 3. The lowest BCUT2D eigenvalue weighted by Gasteiger charge is -2.35. The third-order valence-corrected chi connectivity index (χ3v) is 5.16. The monoisotopic (exact) mass is 286 g/mol. The number of piperidine rings is 1. The summed E-state index contributed by atoms with van der Waals surface area (Å²) in [7, 11) is 0. The second-order valence-corrected chi connectivity index (χ2v) is 6.59. The molecule has 1 aromatic rings. The van der Waals surface area contributed by atoms with Crippen molar-refractivity contribution in [3.8, 4) is 0 Å². The predicted octanol–water partition coefficient (Wildman–Crippen LogP) is 2.22. The molecule has 3 heterocycles. The fourth-order valence-corrected chi connectivity index (χ4v) is 4.21. The smallest absolute Gasteiger partial charge is 0.257 e. The molecule has 4 rings (SSSR count). The summed E-state index contributed by atoms with van der Waals surface area (Å²) in [4.78, 5) is 15.1. The standard InChI is InChI=1S/C17H22N2O2/c1-12-11-17(9-10-18-12)16(20)19-14(7-8-15(19)21-17)13-5-3-2-4-6-13/h2-6,12,14-15,18H,7-11H2,1H3/t12?,14-,15?,17?/m0/s1. The number of fused-ring (bicyclic) bond motifs is 1. The molecule has 4 heteroatoms.